The summed E-state index contributed by atoms with van der Waals surface area (Å²) >= 11 is 5.10. The second-order valence-electron chi connectivity index (χ2n) is 5.63. The van der Waals surface area contributed by atoms with Crippen LogP contribution in [0.15, 0.2) is 70.0 Å². The molecule has 3 aromatic rings. The average Bonchev–Trinajstić information content (AvgIpc) is 3.17. The lowest BCUT2D eigenvalue weighted by molar-refractivity contribution is 0.0947. The van der Waals surface area contributed by atoms with E-state index in [9.17, 15) is 4.79 Å². The number of benzene rings is 1. The van der Waals surface area contributed by atoms with Crippen LogP contribution in [-0.4, -0.2) is 22.4 Å². The Morgan fingerprint density at radius 2 is 2.00 bits per heavy atom. The van der Waals surface area contributed by atoms with Crippen molar-refractivity contribution in [1.82, 2.24) is 10.3 Å². The number of hydrogen-bond donors (Lipinski definition) is 1. The van der Waals surface area contributed by atoms with Crippen molar-refractivity contribution in [2.45, 2.75) is 23.4 Å². The fourth-order valence-corrected chi connectivity index (χ4v) is 4.99. The van der Waals surface area contributed by atoms with Crippen molar-refractivity contribution in [2.24, 2.45) is 0 Å². The van der Waals surface area contributed by atoms with Gasteiger partial charge in [0.05, 0.1) is 12.1 Å². The van der Waals surface area contributed by atoms with E-state index in [-0.39, 0.29) is 5.91 Å². The van der Waals surface area contributed by atoms with Gasteiger partial charge in [0.15, 0.2) is 0 Å². The van der Waals surface area contributed by atoms with E-state index in [2.05, 4.69) is 41.5 Å². The highest BCUT2D eigenvalue weighted by Crippen LogP contribution is 2.24. The van der Waals surface area contributed by atoms with Crippen molar-refractivity contribution < 1.29 is 4.79 Å². The SMILES string of the molecule is Cc1cccc(SCCSc2ncccc2C(=O)NCc2cccs2)c1. The van der Waals surface area contributed by atoms with Gasteiger partial charge in [0, 0.05) is 27.5 Å². The molecule has 134 valence electrons. The van der Waals surface area contributed by atoms with Crippen LogP contribution in [0.2, 0.25) is 0 Å². The first-order valence-corrected chi connectivity index (χ1v) is 11.2. The maximum Gasteiger partial charge on any atom is 0.254 e. The van der Waals surface area contributed by atoms with E-state index in [0.717, 1.165) is 21.4 Å². The number of aryl methyl sites for hydroxylation is 1. The minimum atomic E-state index is -0.0691. The molecule has 3 rings (SSSR count). The Kier molecular flexibility index (Phi) is 7.17. The largest absolute Gasteiger partial charge is 0.347 e. The fourth-order valence-electron chi connectivity index (χ4n) is 2.36. The van der Waals surface area contributed by atoms with Gasteiger partial charge in [0.2, 0.25) is 0 Å². The summed E-state index contributed by atoms with van der Waals surface area (Å²) in [4.78, 5) is 19.3. The van der Waals surface area contributed by atoms with Crippen molar-refractivity contribution in [3.63, 3.8) is 0 Å². The third kappa shape index (κ3) is 5.62. The topological polar surface area (TPSA) is 42.0 Å². The lowest BCUT2D eigenvalue weighted by Gasteiger charge is -2.08. The normalized spacial score (nSPS) is 10.7. The summed E-state index contributed by atoms with van der Waals surface area (Å²) in [6.07, 6.45) is 1.74. The van der Waals surface area contributed by atoms with Crippen molar-refractivity contribution >= 4 is 40.8 Å². The van der Waals surface area contributed by atoms with E-state index in [4.69, 9.17) is 0 Å². The quantitative estimate of drug-likeness (QED) is 0.413. The summed E-state index contributed by atoms with van der Waals surface area (Å²) < 4.78 is 0. The van der Waals surface area contributed by atoms with Gasteiger partial charge in [-0.15, -0.1) is 34.9 Å². The molecule has 0 saturated heterocycles. The number of pyridine rings is 1. The molecule has 0 radical (unpaired) electrons. The molecular weight excluding hydrogens is 380 g/mol. The van der Waals surface area contributed by atoms with Gasteiger partial charge in [-0.3, -0.25) is 4.79 Å². The third-order valence-electron chi connectivity index (χ3n) is 3.60. The molecule has 0 bridgehead atoms. The molecule has 0 spiro atoms. The van der Waals surface area contributed by atoms with Crippen LogP contribution >= 0.6 is 34.9 Å². The number of thiophene rings is 1. The van der Waals surface area contributed by atoms with Crippen molar-refractivity contribution in [3.05, 3.63) is 76.1 Å². The molecule has 1 amide bonds. The van der Waals surface area contributed by atoms with Crippen molar-refractivity contribution in [2.75, 3.05) is 11.5 Å². The van der Waals surface area contributed by atoms with Gasteiger partial charge in [-0.1, -0.05) is 23.8 Å². The molecule has 0 unspecified atom stereocenters. The molecular formula is C20H20N2OS3. The molecule has 3 nitrogen and oxygen atoms in total. The Bertz CT molecular complexity index is 850. The first-order valence-electron chi connectivity index (χ1n) is 8.30. The zero-order chi connectivity index (χ0) is 18.2. The Labute approximate surface area is 166 Å². The smallest absolute Gasteiger partial charge is 0.254 e. The minimum Gasteiger partial charge on any atom is -0.347 e. The second kappa shape index (κ2) is 9.80. The Balaban J connectivity index is 1.52. The summed E-state index contributed by atoms with van der Waals surface area (Å²) in [5, 5.41) is 5.78. The summed E-state index contributed by atoms with van der Waals surface area (Å²) in [6, 6.07) is 16.2. The highest BCUT2D eigenvalue weighted by atomic mass is 32.2. The summed E-state index contributed by atoms with van der Waals surface area (Å²) in [6.45, 7) is 2.66. The standard InChI is InChI=1S/C20H20N2OS3/c1-15-5-2-6-16(13-15)25-11-12-26-20-18(8-3-9-21-20)19(23)22-14-17-7-4-10-24-17/h2-10,13H,11-12,14H2,1H3,(H,22,23). The van der Waals surface area contributed by atoms with Crippen LogP contribution in [0.3, 0.4) is 0 Å². The molecule has 0 atom stereocenters. The second-order valence-corrected chi connectivity index (χ2v) is 8.92. The van der Waals surface area contributed by atoms with Crippen molar-refractivity contribution in [3.8, 4) is 0 Å². The van der Waals surface area contributed by atoms with E-state index in [0.29, 0.717) is 12.1 Å². The van der Waals surface area contributed by atoms with Crippen LogP contribution in [0, 0.1) is 6.92 Å². The number of carbonyl (C=O) groups excluding carboxylic acids is 1. The van der Waals surface area contributed by atoms with E-state index in [1.807, 2.05) is 41.4 Å². The lowest BCUT2D eigenvalue weighted by atomic mass is 10.2. The highest BCUT2D eigenvalue weighted by Gasteiger charge is 2.12. The molecule has 26 heavy (non-hydrogen) atoms. The molecule has 0 aliphatic heterocycles. The van der Waals surface area contributed by atoms with E-state index in [1.165, 1.54) is 10.5 Å². The van der Waals surface area contributed by atoms with E-state index in [1.54, 1.807) is 29.3 Å². The van der Waals surface area contributed by atoms with Gasteiger partial charge in [-0.2, -0.15) is 0 Å². The molecule has 1 aromatic carbocycles. The first kappa shape index (κ1) is 19.0. The number of nitrogens with zero attached hydrogens (tertiary/aromatic N) is 1. The molecule has 6 heteroatoms. The Morgan fingerprint density at radius 1 is 1.12 bits per heavy atom. The van der Waals surface area contributed by atoms with Crippen LogP contribution in [0.4, 0.5) is 0 Å². The number of aromatic nitrogens is 1. The first-order chi connectivity index (χ1) is 12.7. The van der Waals surface area contributed by atoms with Crippen LogP contribution in [0.5, 0.6) is 0 Å². The van der Waals surface area contributed by atoms with Crippen LogP contribution < -0.4 is 5.32 Å². The molecule has 1 N–H and O–H groups in total. The molecule has 0 aliphatic carbocycles. The number of nitrogens with one attached hydrogen (secondary N) is 1. The zero-order valence-corrected chi connectivity index (χ0v) is 16.9. The Hall–Kier alpha value is -1.76. The lowest BCUT2D eigenvalue weighted by Crippen LogP contribution is -2.23. The number of amides is 1. The highest BCUT2D eigenvalue weighted by molar-refractivity contribution is 8.03. The van der Waals surface area contributed by atoms with Gasteiger partial charge < -0.3 is 5.32 Å². The molecule has 2 aromatic heterocycles. The monoisotopic (exact) mass is 400 g/mol. The predicted octanol–water partition coefficient (Wildman–Crippen LogP) is 5.27. The van der Waals surface area contributed by atoms with E-state index >= 15 is 0 Å². The van der Waals surface area contributed by atoms with Gasteiger partial charge in [0.1, 0.15) is 5.03 Å². The maximum absolute atomic E-state index is 12.5. The fraction of sp³-hybridized carbons (Fsp3) is 0.200. The van der Waals surface area contributed by atoms with Crippen LogP contribution in [-0.2, 0) is 6.54 Å². The average molecular weight is 401 g/mol. The third-order valence-corrected chi connectivity index (χ3v) is 6.74. The van der Waals surface area contributed by atoms with Gasteiger partial charge in [-0.05, 0) is 42.6 Å². The summed E-state index contributed by atoms with van der Waals surface area (Å²) in [5.41, 5.74) is 1.92. The molecule has 0 saturated carbocycles. The summed E-state index contributed by atoms with van der Waals surface area (Å²) in [7, 11) is 0. The predicted molar refractivity (Wildman–Crippen MR) is 112 cm³/mol. The van der Waals surface area contributed by atoms with Gasteiger partial charge in [0.25, 0.3) is 5.91 Å². The number of thioether (sulfide) groups is 2. The van der Waals surface area contributed by atoms with Gasteiger partial charge in [-0.25, -0.2) is 4.98 Å². The van der Waals surface area contributed by atoms with E-state index < -0.39 is 0 Å². The minimum absolute atomic E-state index is 0.0691. The molecule has 2 heterocycles. The van der Waals surface area contributed by atoms with Crippen LogP contribution in [0.1, 0.15) is 20.8 Å². The van der Waals surface area contributed by atoms with Crippen molar-refractivity contribution in [1.29, 1.82) is 0 Å². The number of hydrogen-bond acceptors (Lipinski definition) is 5. The van der Waals surface area contributed by atoms with Crippen LogP contribution in [0.25, 0.3) is 0 Å². The number of carbonyl (C=O) groups is 1. The maximum atomic E-state index is 12.5. The molecule has 0 fully saturated rings. The zero-order valence-electron chi connectivity index (χ0n) is 14.5. The Morgan fingerprint density at radius 3 is 2.81 bits per heavy atom. The number of rotatable bonds is 8. The summed E-state index contributed by atoms with van der Waals surface area (Å²) in [5.74, 6) is 1.81. The van der Waals surface area contributed by atoms with Gasteiger partial charge >= 0.3 is 0 Å². The molecule has 0 aliphatic rings.